The van der Waals surface area contributed by atoms with Gasteiger partial charge in [-0.25, -0.2) is 9.36 Å². The molecule has 1 saturated heterocycles. The van der Waals surface area contributed by atoms with Gasteiger partial charge in [-0.05, 0) is 52.2 Å². The van der Waals surface area contributed by atoms with Crippen LogP contribution in [-0.2, 0) is 16.1 Å². The van der Waals surface area contributed by atoms with Crippen LogP contribution in [0.5, 0.6) is 0 Å². The van der Waals surface area contributed by atoms with E-state index in [2.05, 4.69) is 15.5 Å². The van der Waals surface area contributed by atoms with Crippen LogP contribution in [0.4, 0.5) is 0 Å². The van der Waals surface area contributed by atoms with Gasteiger partial charge in [0.25, 0.3) is 5.56 Å². The van der Waals surface area contributed by atoms with Gasteiger partial charge in [-0.2, -0.15) is 10.2 Å². The molecule has 0 radical (unpaired) electrons. The smallest absolute Gasteiger partial charge is 0.295 e. The van der Waals surface area contributed by atoms with Crippen molar-refractivity contribution < 1.29 is 9.53 Å². The first-order valence-corrected chi connectivity index (χ1v) is 10.9. The van der Waals surface area contributed by atoms with Crippen LogP contribution in [0.25, 0.3) is 16.6 Å². The van der Waals surface area contributed by atoms with E-state index < -0.39 is 0 Å². The van der Waals surface area contributed by atoms with E-state index in [1.54, 1.807) is 4.68 Å². The zero-order valence-corrected chi connectivity index (χ0v) is 18.4. The summed E-state index contributed by atoms with van der Waals surface area (Å²) in [4.78, 5) is 25.1. The Morgan fingerprint density at radius 2 is 1.97 bits per heavy atom. The highest BCUT2D eigenvalue weighted by molar-refractivity contribution is 5.83. The Bertz CT molecular complexity index is 1140. The Balaban J connectivity index is 1.47. The molecule has 0 unspecified atom stereocenters. The second-order valence-corrected chi connectivity index (χ2v) is 8.21. The number of amides is 1. The number of carbonyl (C=O) groups excluding carboxylic acids is 1. The average Bonchev–Trinajstić information content (AvgIpc) is 3.39. The summed E-state index contributed by atoms with van der Waals surface area (Å²) >= 11 is 0. The second kappa shape index (κ2) is 9.01. The van der Waals surface area contributed by atoms with E-state index >= 15 is 0 Å². The number of hydrogen-bond acceptors (Lipinski definition) is 5. The molecule has 2 aromatic heterocycles. The summed E-state index contributed by atoms with van der Waals surface area (Å²) in [6, 6.07) is 8.03. The van der Waals surface area contributed by atoms with Crippen molar-refractivity contribution in [2.75, 3.05) is 13.2 Å². The molecule has 1 aliphatic heterocycles. The van der Waals surface area contributed by atoms with E-state index in [1.165, 1.54) is 4.68 Å². The van der Waals surface area contributed by atoms with Gasteiger partial charge < -0.3 is 10.1 Å². The highest BCUT2D eigenvalue weighted by atomic mass is 16.5. The molecule has 4 rings (SSSR count). The monoisotopic (exact) mass is 423 g/mol. The summed E-state index contributed by atoms with van der Waals surface area (Å²) < 4.78 is 8.74. The van der Waals surface area contributed by atoms with Crippen LogP contribution in [-0.4, -0.2) is 44.7 Å². The van der Waals surface area contributed by atoms with Crippen LogP contribution < -0.4 is 10.9 Å². The van der Waals surface area contributed by atoms with E-state index in [1.807, 2.05) is 45.0 Å². The second-order valence-electron chi connectivity index (χ2n) is 8.21. The van der Waals surface area contributed by atoms with Gasteiger partial charge in [0.15, 0.2) is 5.52 Å². The van der Waals surface area contributed by atoms with Gasteiger partial charge in [-0.1, -0.05) is 17.7 Å². The van der Waals surface area contributed by atoms with Crippen molar-refractivity contribution >= 4 is 16.8 Å². The molecule has 31 heavy (non-hydrogen) atoms. The predicted molar refractivity (Wildman–Crippen MR) is 119 cm³/mol. The van der Waals surface area contributed by atoms with Crippen LogP contribution in [0.2, 0.25) is 0 Å². The van der Waals surface area contributed by atoms with Crippen LogP contribution in [0.1, 0.15) is 42.6 Å². The molecule has 0 saturated carbocycles. The first-order valence-electron chi connectivity index (χ1n) is 10.9. The number of nitrogens with one attached hydrogen (secondary N) is 1. The molecule has 1 N–H and O–H groups in total. The molecule has 1 fully saturated rings. The number of aromatic nitrogens is 4. The Morgan fingerprint density at radius 1 is 1.19 bits per heavy atom. The number of nitrogens with zero attached hydrogens (tertiary/aromatic N) is 4. The molecular weight excluding hydrogens is 394 g/mol. The average molecular weight is 424 g/mol. The van der Waals surface area contributed by atoms with Crippen molar-refractivity contribution in [3.05, 3.63) is 51.6 Å². The molecule has 164 valence electrons. The van der Waals surface area contributed by atoms with Crippen molar-refractivity contribution in [3.8, 4) is 5.69 Å². The normalized spacial score (nSPS) is 16.2. The molecule has 8 nitrogen and oxygen atoms in total. The predicted octanol–water partition coefficient (Wildman–Crippen LogP) is 2.58. The van der Waals surface area contributed by atoms with Crippen LogP contribution >= 0.6 is 0 Å². The lowest BCUT2D eigenvalue weighted by Crippen LogP contribution is -2.32. The van der Waals surface area contributed by atoms with E-state index in [0.717, 1.165) is 47.5 Å². The molecule has 0 bridgehead atoms. The fraction of sp³-hybridized carbons (Fsp3) is 0.478. The minimum Gasteiger partial charge on any atom is -0.376 e. The molecule has 3 heterocycles. The van der Waals surface area contributed by atoms with Crippen LogP contribution in [0, 0.1) is 20.8 Å². The standard InChI is InChI=1S/C23H29N5O3/c1-15-8-10-18(11-9-15)28-17(3)21-16(2)25-27(23(30)22(21)26-28)12-4-7-20(29)24-14-19-6-5-13-31-19/h8-11,19H,4-7,12-14H2,1-3H3,(H,24,29)/t19-/m0/s1. The van der Waals surface area contributed by atoms with E-state index in [4.69, 9.17) is 4.74 Å². The largest absolute Gasteiger partial charge is 0.376 e. The van der Waals surface area contributed by atoms with E-state index in [-0.39, 0.29) is 17.6 Å². The summed E-state index contributed by atoms with van der Waals surface area (Å²) in [5, 5.41) is 12.8. The lowest BCUT2D eigenvalue weighted by Gasteiger charge is -2.11. The first-order chi connectivity index (χ1) is 14.9. The van der Waals surface area contributed by atoms with Crippen LogP contribution in [0.3, 0.4) is 0 Å². The molecule has 0 aliphatic carbocycles. The number of rotatable bonds is 7. The highest BCUT2D eigenvalue weighted by Crippen LogP contribution is 2.21. The van der Waals surface area contributed by atoms with Crippen molar-refractivity contribution in [2.24, 2.45) is 0 Å². The lowest BCUT2D eigenvalue weighted by atomic mass is 10.2. The topological polar surface area (TPSA) is 91.0 Å². The van der Waals surface area contributed by atoms with Gasteiger partial charge in [-0.3, -0.25) is 9.59 Å². The quantitative estimate of drug-likeness (QED) is 0.631. The Kier molecular flexibility index (Phi) is 6.18. The van der Waals surface area contributed by atoms with Gasteiger partial charge in [0.1, 0.15) is 0 Å². The molecular formula is C23H29N5O3. The third kappa shape index (κ3) is 4.54. The zero-order chi connectivity index (χ0) is 22.0. The minimum atomic E-state index is -0.227. The third-order valence-corrected chi connectivity index (χ3v) is 5.79. The maximum absolute atomic E-state index is 13.0. The molecule has 1 amide bonds. The summed E-state index contributed by atoms with van der Waals surface area (Å²) in [5.74, 6) is -0.0270. The number of benzene rings is 1. The maximum atomic E-state index is 13.0. The summed E-state index contributed by atoms with van der Waals surface area (Å²) in [7, 11) is 0. The minimum absolute atomic E-state index is 0.0270. The van der Waals surface area contributed by atoms with Crippen LogP contribution in [0.15, 0.2) is 29.1 Å². The van der Waals surface area contributed by atoms with Crippen molar-refractivity contribution in [2.45, 2.75) is 59.1 Å². The van der Waals surface area contributed by atoms with Gasteiger partial charge in [0, 0.05) is 26.1 Å². The summed E-state index contributed by atoms with van der Waals surface area (Å²) in [5.41, 5.74) is 3.91. The fourth-order valence-corrected chi connectivity index (χ4v) is 4.08. The van der Waals surface area contributed by atoms with E-state index in [9.17, 15) is 9.59 Å². The molecule has 1 aromatic carbocycles. The SMILES string of the molecule is Cc1ccc(-n2nc3c(=O)n(CCCC(=O)NC[C@@H]4CCCO4)nc(C)c3c2C)cc1. The van der Waals surface area contributed by atoms with Gasteiger partial charge in [0.2, 0.25) is 5.91 Å². The fourth-order valence-electron chi connectivity index (χ4n) is 4.08. The van der Waals surface area contributed by atoms with Crippen molar-refractivity contribution in [1.82, 2.24) is 24.9 Å². The van der Waals surface area contributed by atoms with Gasteiger partial charge in [0.05, 0.1) is 28.6 Å². The third-order valence-electron chi connectivity index (χ3n) is 5.79. The molecule has 1 aliphatic rings. The Labute approximate surface area is 181 Å². The Morgan fingerprint density at radius 3 is 2.68 bits per heavy atom. The number of carbonyl (C=O) groups is 1. The maximum Gasteiger partial charge on any atom is 0.295 e. The number of ether oxygens (including phenoxy) is 1. The summed E-state index contributed by atoms with van der Waals surface area (Å²) in [6.45, 7) is 7.58. The summed E-state index contributed by atoms with van der Waals surface area (Å²) in [6.07, 6.45) is 3.05. The highest BCUT2D eigenvalue weighted by Gasteiger charge is 2.18. The molecule has 0 spiro atoms. The number of fused-ring (bicyclic) bond motifs is 1. The molecule has 1 atom stereocenters. The van der Waals surface area contributed by atoms with Crippen molar-refractivity contribution in [1.29, 1.82) is 0 Å². The zero-order valence-electron chi connectivity index (χ0n) is 18.4. The first kappa shape index (κ1) is 21.2. The van der Waals surface area contributed by atoms with Gasteiger partial charge >= 0.3 is 0 Å². The molecule has 8 heteroatoms. The number of aryl methyl sites for hydroxylation is 4. The van der Waals surface area contributed by atoms with E-state index in [0.29, 0.717) is 31.4 Å². The lowest BCUT2D eigenvalue weighted by molar-refractivity contribution is -0.121. The van der Waals surface area contributed by atoms with Gasteiger partial charge in [-0.15, -0.1) is 0 Å². The number of hydrogen-bond donors (Lipinski definition) is 1. The molecule has 3 aromatic rings. The Hall–Kier alpha value is -3.00. The van der Waals surface area contributed by atoms with Crippen molar-refractivity contribution in [3.63, 3.8) is 0 Å².